The third-order valence-electron chi connectivity index (χ3n) is 3.34. The lowest BCUT2D eigenvalue weighted by Gasteiger charge is -2.19. The second kappa shape index (κ2) is 5.45. The number of hydrogen-bond donors (Lipinski definition) is 1. The van der Waals surface area contributed by atoms with E-state index in [9.17, 15) is 0 Å². The molecule has 2 N–H and O–H groups in total. The second-order valence-electron chi connectivity index (χ2n) is 5.72. The molecule has 0 bridgehead atoms. The highest BCUT2D eigenvalue weighted by Crippen LogP contribution is 2.27. The van der Waals surface area contributed by atoms with Gasteiger partial charge in [0.25, 0.3) is 0 Å². The summed E-state index contributed by atoms with van der Waals surface area (Å²) < 4.78 is 0. The van der Waals surface area contributed by atoms with Crippen LogP contribution >= 0.6 is 11.8 Å². The highest BCUT2D eigenvalue weighted by atomic mass is 32.2. The molecular weight excluding hydrogens is 226 g/mol. The average Bonchev–Trinajstić information content (AvgIpc) is 2.27. The number of hydrogen-bond acceptors (Lipinski definition) is 2. The van der Waals surface area contributed by atoms with Crippen LogP contribution in [0.25, 0.3) is 0 Å². The van der Waals surface area contributed by atoms with Gasteiger partial charge in [0, 0.05) is 10.4 Å². The summed E-state index contributed by atoms with van der Waals surface area (Å²) >= 11 is 1.94. The SMILES string of the molecule is CC(C)(N)CCSc1ccc2c(c1)CCCC2. The van der Waals surface area contributed by atoms with Crippen molar-refractivity contribution in [1.82, 2.24) is 0 Å². The largest absolute Gasteiger partial charge is 0.326 e. The zero-order valence-electron chi connectivity index (χ0n) is 11.0. The van der Waals surface area contributed by atoms with Crippen LogP contribution in [-0.4, -0.2) is 11.3 Å². The summed E-state index contributed by atoms with van der Waals surface area (Å²) in [5, 5.41) is 0. The first kappa shape index (κ1) is 13.0. The van der Waals surface area contributed by atoms with E-state index in [1.165, 1.54) is 30.6 Å². The van der Waals surface area contributed by atoms with Gasteiger partial charge in [-0.05, 0) is 75.0 Å². The van der Waals surface area contributed by atoms with E-state index in [1.54, 1.807) is 11.1 Å². The Morgan fingerprint density at radius 2 is 1.88 bits per heavy atom. The molecule has 17 heavy (non-hydrogen) atoms. The van der Waals surface area contributed by atoms with Crippen molar-refractivity contribution in [3.8, 4) is 0 Å². The molecule has 1 aliphatic carbocycles. The van der Waals surface area contributed by atoms with Crippen LogP contribution in [0.2, 0.25) is 0 Å². The monoisotopic (exact) mass is 249 g/mol. The Labute approximate surface area is 109 Å². The molecule has 0 fully saturated rings. The van der Waals surface area contributed by atoms with Crippen molar-refractivity contribution in [3.05, 3.63) is 29.3 Å². The van der Waals surface area contributed by atoms with E-state index in [0.717, 1.165) is 12.2 Å². The summed E-state index contributed by atoms with van der Waals surface area (Å²) in [7, 11) is 0. The molecule has 0 amide bonds. The van der Waals surface area contributed by atoms with Crippen LogP contribution in [0.4, 0.5) is 0 Å². The minimum absolute atomic E-state index is 0.0405. The number of thioether (sulfide) groups is 1. The third kappa shape index (κ3) is 4.04. The van der Waals surface area contributed by atoms with E-state index in [1.807, 2.05) is 11.8 Å². The van der Waals surface area contributed by atoms with Gasteiger partial charge in [0.2, 0.25) is 0 Å². The molecule has 0 spiro atoms. The smallest absolute Gasteiger partial charge is 0.0105 e. The maximum Gasteiger partial charge on any atom is 0.0105 e. The van der Waals surface area contributed by atoms with Crippen LogP contribution in [-0.2, 0) is 12.8 Å². The molecule has 0 radical (unpaired) electrons. The molecule has 1 nitrogen and oxygen atoms in total. The zero-order valence-corrected chi connectivity index (χ0v) is 11.8. The lowest BCUT2D eigenvalue weighted by atomic mass is 9.92. The molecular formula is C15H23NS. The molecule has 1 aliphatic rings. The van der Waals surface area contributed by atoms with E-state index < -0.39 is 0 Å². The molecule has 0 atom stereocenters. The van der Waals surface area contributed by atoms with Crippen molar-refractivity contribution in [2.24, 2.45) is 5.73 Å². The molecule has 1 aromatic carbocycles. The quantitative estimate of drug-likeness (QED) is 0.822. The van der Waals surface area contributed by atoms with Crippen molar-refractivity contribution in [3.63, 3.8) is 0 Å². The number of rotatable bonds is 4. The normalized spacial score (nSPS) is 15.7. The Morgan fingerprint density at radius 1 is 1.18 bits per heavy atom. The summed E-state index contributed by atoms with van der Waals surface area (Å²) in [4.78, 5) is 1.41. The van der Waals surface area contributed by atoms with Gasteiger partial charge in [-0.1, -0.05) is 6.07 Å². The van der Waals surface area contributed by atoms with Crippen LogP contribution in [0.3, 0.4) is 0 Å². The molecule has 94 valence electrons. The van der Waals surface area contributed by atoms with Gasteiger partial charge >= 0.3 is 0 Å². The average molecular weight is 249 g/mol. The summed E-state index contributed by atoms with van der Waals surface area (Å²) in [6.07, 6.45) is 6.33. The predicted octanol–water partition coefficient (Wildman–Crippen LogP) is 3.78. The van der Waals surface area contributed by atoms with Gasteiger partial charge in [-0.3, -0.25) is 0 Å². The van der Waals surface area contributed by atoms with Crippen LogP contribution in [0.5, 0.6) is 0 Å². The third-order valence-corrected chi connectivity index (χ3v) is 4.33. The second-order valence-corrected chi connectivity index (χ2v) is 6.89. The predicted molar refractivity (Wildman–Crippen MR) is 76.7 cm³/mol. The molecule has 1 aromatic rings. The molecule has 2 heteroatoms. The molecule has 0 heterocycles. The lowest BCUT2D eigenvalue weighted by Crippen LogP contribution is -2.32. The number of benzene rings is 1. The highest BCUT2D eigenvalue weighted by molar-refractivity contribution is 7.99. The summed E-state index contributed by atoms with van der Waals surface area (Å²) in [5.74, 6) is 1.11. The molecule has 2 rings (SSSR count). The number of nitrogens with two attached hydrogens (primary N) is 1. The van der Waals surface area contributed by atoms with Gasteiger partial charge < -0.3 is 5.73 Å². The molecule has 0 saturated heterocycles. The summed E-state index contributed by atoms with van der Waals surface area (Å²) in [6, 6.07) is 6.99. The minimum atomic E-state index is -0.0405. The Morgan fingerprint density at radius 3 is 2.59 bits per heavy atom. The van der Waals surface area contributed by atoms with Crippen LogP contribution < -0.4 is 5.73 Å². The van der Waals surface area contributed by atoms with Crippen molar-refractivity contribution in [1.29, 1.82) is 0 Å². The maximum absolute atomic E-state index is 6.00. The Hall–Kier alpha value is -0.470. The highest BCUT2D eigenvalue weighted by Gasteiger charge is 2.12. The topological polar surface area (TPSA) is 26.0 Å². The minimum Gasteiger partial charge on any atom is -0.326 e. The first-order chi connectivity index (χ1) is 8.04. The van der Waals surface area contributed by atoms with Gasteiger partial charge in [0.15, 0.2) is 0 Å². The fourth-order valence-corrected chi connectivity index (χ4v) is 3.49. The Balaban J connectivity index is 1.93. The standard InChI is InChI=1S/C15H23NS/c1-15(2,16)9-10-17-14-8-7-12-5-3-4-6-13(12)11-14/h7-8,11H,3-6,9-10,16H2,1-2H3. The fourth-order valence-electron chi connectivity index (χ4n) is 2.23. The van der Waals surface area contributed by atoms with E-state index in [2.05, 4.69) is 32.0 Å². The van der Waals surface area contributed by atoms with Gasteiger partial charge in [0.1, 0.15) is 0 Å². The van der Waals surface area contributed by atoms with Gasteiger partial charge in [-0.25, -0.2) is 0 Å². The fraction of sp³-hybridized carbons (Fsp3) is 0.600. The first-order valence-electron chi connectivity index (χ1n) is 6.58. The van der Waals surface area contributed by atoms with Crippen molar-refractivity contribution < 1.29 is 0 Å². The molecule has 0 aromatic heterocycles. The number of fused-ring (bicyclic) bond motifs is 1. The zero-order chi connectivity index (χ0) is 12.3. The van der Waals surface area contributed by atoms with E-state index in [-0.39, 0.29) is 5.54 Å². The van der Waals surface area contributed by atoms with Crippen LogP contribution in [0.1, 0.15) is 44.2 Å². The van der Waals surface area contributed by atoms with Gasteiger partial charge in [-0.15, -0.1) is 11.8 Å². The summed E-state index contributed by atoms with van der Waals surface area (Å²) in [6.45, 7) is 4.20. The summed E-state index contributed by atoms with van der Waals surface area (Å²) in [5.41, 5.74) is 9.10. The molecule has 0 saturated carbocycles. The van der Waals surface area contributed by atoms with Crippen LogP contribution in [0.15, 0.2) is 23.1 Å². The van der Waals surface area contributed by atoms with Crippen molar-refractivity contribution in [2.45, 2.75) is 56.4 Å². The van der Waals surface area contributed by atoms with Crippen molar-refractivity contribution in [2.75, 3.05) is 5.75 Å². The van der Waals surface area contributed by atoms with E-state index in [0.29, 0.717) is 0 Å². The Bertz CT molecular complexity index is 379. The van der Waals surface area contributed by atoms with E-state index in [4.69, 9.17) is 5.73 Å². The first-order valence-corrected chi connectivity index (χ1v) is 7.57. The Kier molecular flexibility index (Phi) is 4.16. The number of aryl methyl sites for hydroxylation is 2. The molecule has 0 unspecified atom stereocenters. The molecule has 0 aliphatic heterocycles. The van der Waals surface area contributed by atoms with Gasteiger partial charge in [0.05, 0.1) is 0 Å². The maximum atomic E-state index is 6.00. The lowest BCUT2D eigenvalue weighted by molar-refractivity contribution is 0.506. The van der Waals surface area contributed by atoms with Crippen LogP contribution in [0, 0.1) is 0 Å². The van der Waals surface area contributed by atoms with E-state index >= 15 is 0 Å². The van der Waals surface area contributed by atoms with Crippen molar-refractivity contribution >= 4 is 11.8 Å². The van der Waals surface area contributed by atoms with Gasteiger partial charge in [-0.2, -0.15) is 0 Å².